The maximum absolute atomic E-state index is 12.0. The maximum atomic E-state index is 12.0. The molecule has 0 aliphatic carbocycles. The fourth-order valence-corrected chi connectivity index (χ4v) is 2.03. The summed E-state index contributed by atoms with van der Waals surface area (Å²) in [6.07, 6.45) is 0.317. The third-order valence-corrected chi connectivity index (χ3v) is 2.97. The van der Waals surface area contributed by atoms with Crippen molar-refractivity contribution in [2.75, 3.05) is 24.2 Å². The fraction of sp³-hybridized carbons (Fsp3) is 0.176. The molecule has 2 aromatic rings. The number of amides is 2. The highest BCUT2D eigenvalue weighted by Crippen LogP contribution is 2.15. The van der Waals surface area contributed by atoms with Gasteiger partial charge in [-0.2, -0.15) is 0 Å². The van der Waals surface area contributed by atoms with Gasteiger partial charge in [0.1, 0.15) is 0 Å². The second-order valence-corrected chi connectivity index (χ2v) is 4.87. The highest BCUT2D eigenvalue weighted by Gasteiger charge is 2.05. The van der Waals surface area contributed by atoms with Crippen molar-refractivity contribution in [2.45, 2.75) is 6.42 Å². The Morgan fingerprint density at radius 2 is 1.48 bits per heavy atom. The van der Waals surface area contributed by atoms with Crippen LogP contribution in [-0.4, -0.2) is 25.4 Å². The smallest absolute Gasteiger partial charge is 0.238 e. The number of hydrogen-bond acceptors (Lipinski definition) is 3. The molecule has 2 amide bonds. The molecule has 0 aromatic heterocycles. The van der Waals surface area contributed by atoms with Crippen LogP contribution >= 0.6 is 12.4 Å². The number of halogens is 1. The topological polar surface area (TPSA) is 70.2 Å². The van der Waals surface area contributed by atoms with E-state index >= 15 is 0 Å². The van der Waals surface area contributed by atoms with Crippen molar-refractivity contribution in [1.29, 1.82) is 0 Å². The summed E-state index contributed by atoms with van der Waals surface area (Å²) in [5.74, 6) is -0.222. The second-order valence-electron chi connectivity index (χ2n) is 4.87. The predicted octanol–water partition coefficient (Wildman–Crippen LogP) is 2.45. The van der Waals surface area contributed by atoms with Gasteiger partial charge in [0, 0.05) is 11.4 Å². The third-order valence-electron chi connectivity index (χ3n) is 2.97. The third kappa shape index (κ3) is 6.50. The highest BCUT2D eigenvalue weighted by molar-refractivity contribution is 5.95. The molecule has 0 atom stereocenters. The van der Waals surface area contributed by atoms with Crippen molar-refractivity contribution in [1.82, 2.24) is 5.32 Å². The Morgan fingerprint density at radius 1 is 0.870 bits per heavy atom. The lowest BCUT2D eigenvalue weighted by Crippen LogP contribution is -2.25. The standard InChI is InChI=1S/C17H19N3O2.ClH/c1-18-12-17(22)20-15-9-5-8-14(11-15)19-16(21)10-13-6-3-2-4-7-13;/h2-9,11,18H,10,12H2,1H3,(H,19,21)(H,20,22);1H. The fourth-order valence-electron chi connectivity index (χ4n) is 2.03. The molecule has 3 N–H and O–H groups in total. The second kappa shape index (κ2) is 9.61. The first kappa shape index (κ1) is 18.7. The quantitative estimate of drug-likeness (QED) is 0.760. The van der Waals surface area contributed by atoms with Gasteiger partial charge in [0.15, 0.2) is 0 Å². The minimum absolute atomic E-state index is 0. The van der Waals surface area contributed by atoms with Crippen LogP contribution in [0.15, 0.2) is 54.6 Å². The Hall–Kier alpha value is -2.37. The average Bonchev–Trinajstić information content (AvgIpc) is 2.48. The Labute approximate surface area is 141 Å². The van der Waals surface area contributed by atoms with Crippen LogP contribution in [0.2, 0.25) is 0 Å². The average molecular weight is 334 g/mol. The van der Waals surface area contributed by atoms with E-state index < -0.39 is 0 Å². The van der Waals surface area contributed by atoms with Crippen LogP contribution < -0.4 is 16.0 Å². The molecule has 0 heterocycles. The molecule has 0 saturated heterocycles. The summed E-state index contributed by atoms with van der Waals surface area (Å²) in [6, 6.07) is 16.6. The Balaban J connectivity index is 0.00000264. The van der Waals surface area contributed by atoms with E-state index in [4.69, 9.17) is 0 Å². The molecular weight excluding hydrogens is 314 g/mol. The summed E-state index contributed by atoms with van der Waals surface area (Å²) in [6.45, 7) is 0.241. The molecule has 122 valence electrons. The van der Waals surface area contributed by atoms with E-state index in [0.717, 1.165) is 5.56 Å². The van der Waals surface area contributed by atoms with Crippen molar-refractivity contribution < 1.29 is 9.59 Å². The molecule has 2 rings (SSSR count). The minimum atomic E-state index is -0.129. The molecule has 2 aromatic carbocycles. The number of nitrogens with one attached hydrogen (secondary N) is 3. The molecule has 6 heteroatoms. The van der Waals surface area contributed by atoms with Crippen molar-refractivity contribution in [2.24, 2.45) is 0 Å². The molecule has 23 heavy (non-hydrogen) atoms. The van der Waals surface area contributed by atoms with E-state index in [2.05, 4.69) is 16.0 Å². The van der Waals surface area contributed by atoms with Crippen molar-refractivity contribution >= 4 is 35.6 Å². The van der Waals surface area contributed by atoms with Gasteiger partial charge < -0.3 is 16.0 Å². The molecule has 0 spiro atoms. The SMILES string of the molecule is CNCC(=O)Nc1cccc(NC(=O)Cc2ccccc2)c1.Cl. The van der Waals surface area contributed by atoms with E-state index in [-0.39, 0.29) is 30.8 Å². The number of anilines is 2. The first-order chi connectivity index (χ1) is 10.7. The van der Waals surface area contributed by atoms with Gasteiger partial charge in [-0.3, -0.25) is 9.59 Å². The van der Waals surface area contributed by atoms with Gasteiger partial charge in [-0.05, 0) is 30.8 Å². The zero-order chi connectivity index (χ0) is 15.8. The summed E-state index contributed by atoms with van der Waals surface area (Å²) >= 11 is 0. The number of carbonyl (C=O) groups excluding carboxylic acids is 2. The van der Waals surface area contributed by atoms with Crippen LogP contribution in [0.1, 0.15) is 5.56 Å². The molecule has 0 radical (unpaired) electrons. The zero-order valence-corrected chi connectivity index (χ0v) is 13.7. The van der Waals surface area contributed by atoms with E-state index in [1.54, 1.807) is 31.3 Å². The van der Waals surface area contributed by atoms with Gasteiger partial charge in [-0.15, -0.1) is 12.4 Å². The van der Waals surface area contributed by atoms with Crippen LogP contribution in [0.4, 0.5) is 11.4 Å². The summed E-state index contributed by atoms with van der Waals surface area (Å²) in [7, 11) is 1.71. The summed E-state index contributed by atoms with van der Waals surface area (Å²) in [5.41, 5.74) is 2.26. The van der Waals surface area contributed by atoms with Gasteiger partial charge in [-0.25, -0.2) is 0 Å². The van der Waals surface area contributed by atoms with Gasteiger partial charge in [0.2, 0.25) is 11.8 Å². The zero-order valence-electron chi connectivity index (χ0n) is 12.8. The molecule has 5 nitrogen and oxygen atoms in total. The lowest BCUT2D eigenvalue weighted by Gasteiger charge is -2.09. The molecule has 0 aliphatic rings. The van der Waals surface area contributed by atoms with E-state index in [1.165, 1.54) is 0 Å². The number of hydrogen-bond donors (Lipinski definition) is 3. The predicted molar refractivity (Wildman–Crippen MR) is 95.0 cm³/mol. The maximum Gasteiger partial charge on any atom is 0.238 e. The van der Waals surface area contributed by atoms with Crippen LogP contribution in [0.3, 0.4) is 0 Å². The van der Waals surface area contributed by atoms with E-state index in [1.807, 2.05) is 30.3 Å². The largest absolute Gasteiger partial charge is 0.326 e. The van der Waals surface area contributed by atoms with Gasteiger partial charge >= 0.3 is 0 Å². The molecular formula is C17H20ClN3O2. The van der Waals surface area contributed by atoms with Crippen molar-refractivity contribution in [3.8, 4) is 0 Å². The van der Waals surface area contributed by atoms with Crippen molar-refractivity contribution in [3.63, 3.8) is 0 Å². The van der Waals surface area contributed by atoms with Crippen LogP contribution in [0.25, 0.3) is 0 Å². The summed E-state index contributed by atoms with van der Waals surface area (Å²) < 4.78 is 0. The number of benzene rings is 2. The Bertz CT molecular complexity index is 647. The van der Waals surface area contributed by atoms with Crippen LogP contribution in [0.5, 0.6) is 0 Å². The van der Waals surface area contributed by atoms with Crippen LogP contribution in [-0.2, 0) is 16.0 Å². The lowest BCUT2D eigenvalue weighted by molar-refractivity contribution is -0.116. The monoisotopic (exact) mass is 333 g/mol. The Morgan fingerprint density at radius 3 is 2.09 bits per heavy atom. The first-order valence-corrected chi connectivity index (χ1v) is 7.05. The van der Waals surface area contributed by atoms with E-state index in [9.17, 15) is 9.59 Å². The number of likely N-dealkylation sites (N-methyl/N-ethyl adjacent to an activating group) is 1. The van der Waals surface area contributed by atoms with Gasteiger partial charge in [0.25, 0.3) is 0 Å². The number of carbonyl (C=O) groups is 2. The van der Waals surface area contributed by atoms with Gasteiger partial charge in [-0.1, -0.05) is 36.4 Å². The van der Waals surface area contributed by atoms with Crippen molar-refractivity contribution in [3.05, 3.63) is 60.2 Å². The van der Waals surface area contributed by atoms with Gasteiger partial charge in [0.05, 0.1) is 13.0 Å². The molecule has 0 bridgehead atoms. The minimum Gasteiger partial charge on any atom is -0.326 e. The normalized spacial score (nSPS) is 9.61. The molecule has 0 unspecified atom stereocenters. The lowest BCUT2D eigenvalue weighted by atomic mass is 10.1. The van der Waals surface area contributed by atoms with E-state index in [0.29, 0.717) is 17.8 Å². The Kier molecular flexibility index (Phi) is 7.80. The summed E-state index contributed by atoms with van der Waals surface area (Å²) in [5, 5.41) is 8.36. The summed E-state index contributed by atoms with van der Waals surface area (Å²) in [4.78, 5) is 23.5. The molecule has 0 fully saturated rings. The molecule has 0 saturated carbocycles. The van der Waals surface area contributed by atoms with Crippen LogP contribution in [0, 0.1) is 0 Å². The number of rotatable bonds is 6. The molecule has 0 aliphatic heterocycles. The first-order valence-electron chi connectivity index (χ1n) is 7.05. The highest BCUT2D eigenvalue weighted by atomic mass is 35.5.